The van der Waals surface area contributed by atoms with Gasteiger partial charge in [0.05, 0.1) is 19.8 Å². The molecule has 1 saturated heterocycles. The van der Waals surface area contributed by atoms with E-state index in [-0.39, 0.29) is 17.2 Å². The van der Waals surface area contributed by atoms with Gasteiger partial charge in [-0.25, -0.2) is 0 Å². The molecule has 0 aromatic rings. The van der Waals surface area contributed by atoms with Crippen molar-refractivity contribution in [2.75, 3.05) is 53.1 Å². The third-order valence-corrected chi connectivity index (χ3v) is 4.59. The summed E-state index contributed by atoms with van der Waals surface area (Å²) < 4.78 is 10.6. The summed E-state index contributed by atoms with van der Waals surface area (Å²) in [6.45, 7) is 7.78. The van der Waals surface area contributed by atoms with Crippen molar-refractivity contribution in [3.63, 3.8) is 0 Å². The Morgan fingerprint density at radius 1 is 1.40 bits per heavy atom. The van der Waals surface area contributed by atoms with Crippen LogP contribution < -0.4 is 5.32 Å². The van der Waals surface area contributed by atoms with Crippen molar-refractivity contribution in [1.82, 2.24) is 10.2 Å². The van der Waals surface area contributed by atoms with Crippen LogP contribution in [0.15, 0.2) is 0 Å². The minimum atomic E-state index is 0.0350. The third-order valence-electron chi connectivity index (χ3n) is 4.59. The zero-order valence-corrected chi connectivity index (χ0v) is 12.8. The molecule has 116 valence electrons. The molecule has 1 atom stereocenters. The number of morpholine rings is 1. The van der Waals surface area contributed by atoms with Gasteiger partial charge in [-0.15, -0.1) is 0 Å². The maximum atomic E-state index is 12.2. The average Bonchev–Trinajstić information content (AvgIpc) is 2.42. The van der Waals surface area contributed by atoms with Crippen molar-refractivity contribution < 1.29 is 14.3 Å². The first-order valence-corrected chi connectivity index (χ1v) is 7.72. The molecule has 1 N–H and O–H groups in total. The van der Waals surface area contributed by atoms with Crippen LogP contribution in [-0.4, -0.2) is 63.9 Å². The van der Waals surface area contributed by atoms with Crippen LogP contribution in [0.1, 0.15) is 26.2 Å². The molecule has 1 heterocycles. The Kier molecular flexibility index (Phi) is 5.81. The van der Waals surface area contributed by atoms with Crippen LogP contribution in [0, 0.1) is 11.3 Å². The lowest BCUT2D eigenvalue weighted by atomic mass is 9.69. The molecular weight excluding hydrogens is 256 g/mol. The van der Waals surface area contributed by atoms with E-state index in [1.165, 1.54) is 19.3 Å². The van der Waals surface area contributed by atoms with Gasteiger partial charge in [-0.05, 0) is 12.8 Å². The van der Waals surface area contributed by atoms with Crippen molar-refractivity contribution in [2.24, 2.45) is 11.3 Å². The van der Waals surface area contributed by atoms with Gasteiger partial charge in [-0.2, -0.15) is 0 Å². The van der Waals surface area contributed by atoms with Gasteiger partial charge in [-0.3, -0.25) is 9.69 Å². The normalized spacial score (nSPS) is 23.9. The number of methoxy groups -OCH3 is 1. The first kappa shape index (κ1) is 15.7. The molecule has 5 nitrogen and oxygen atoms in total. The molecule has 1 amide bonds. The van der Waals surface area contributed by atoms with Crippen LogP contribution in [0.5, 0.6) is 0 Å². The molecule has 1 aliphatic carbocycles. The molecule has 0 radical (unpaired) electrons. The highest BCUT2D eigenvalue weighted by Crippen LogP contribution is 2.40. The molecule has 0 bridgehead atoms. The predicted octanol–water partition coefficient (Wildman–Crippen LogP) is 0.888. The topological polar surface area (TPSA) is 50.8 Å². The molecule has 2 fully saturated rings. The van der Waals surface area contributed by atoms with E-state index in [9.17, 15) is 4.79 Å². The monoisotopic (exact) mass is 284 g/mol. The minimum absolute atomic E-state index is 0.0350. The van der Waals surface area contributed by atoms with E-state index in [1.807, 2.05) is 6.92 Å². The number of nitrogens with one attached hydrogen (secondary N) is 1. The van der Waals surface area contributed by atoms with Gasteiger partial charge < -0.3 is 14.8 Å². The van der Waals surface area contributed by atoms with Crippen molar-refractivity contribution >= 4 is 5.91 Å². The van der Waals surface area contributed by atoms with E-state index in [1.54, 1.807) is 7.11 Å². The number of hydrogen-bond acceptors (Lipinski definition) is 4. The van der Waals surface area contributed by atoms with Gasteiger partial charge in [0.1, 0.15) is 0 Å². The zero-order valence-electron chi connectivity index (χ0n) is 12.8. The summed E-state index contributed by atoms with van der Waals surface area (Å²) in [7, 11) is 1.74. The summed E-state index contributed by atoms with van der Waals surface area (Å²) >= 11 is 0. The molecule has 2 aliphatic rings. The Bertz CT molecular complexity index is 312. The van der Waals surface area contributed by atoms with Crippen molar-refractivity contribution in [2.45, 2.75) is 26.2 Å². The Balaban J connectivity index is 1.70. The molecule has 0 spiro atoms. The lowest BCUT2D eigenvalue weighted by Gasteiger charge is -2.41. The summed E-state index contributed by atoms with van der Waals surface area (Å²) in [5.41, 5.74) is 0.198. The Morgan fingerprint density at radius 3 is 2.65 bits per heavy atom. The second-order valence-electron chi connectivity index (χ2n) is 6.32. The lowest BCUT2D eigenvalue weighted by Crippen LogP contribution is -2.48. The van der Waals surface area contributed by atoms with Crippen LogP contribution in [0.4, 0.5) is 0 Å². The van der Waals surface area contributed by atoms with Gasteiger partial charge >= 0.3 is 0 Å². The van der Waals surface area contributed by atoms with Crippen molar-refractivity contribution in [3.05, 3.63) is 0 Å². The fourth-order valence-electron chi connectivity index (χ4n) is 3.06. The van der Waals surface area contributed by atoms with E-state index in [2.05, 4.69) is 10.2 Å². The summed E-state index contributed by atoms with van der Waals surface area (Å²) in [6, 6.07) is 0. The van der Waals surface area contributed by atoms with E-state index in [0.29, 0.717) is 0 Å². The molecule has 20 heavy (non-hydrogen) atoms. The van der Waals surface area contributed by atoms with Crippen LogP contribution in [0.25, 0.3) is 0 Å². The number of ether oxygens (including phenoxy) is 2. The summed E-state index contributed by atoms with van der Waals surface area (Å²) in [5, 5.41) is 3.12. The maximum Gasteiger partial charge on any atom is 0.224 e. The van der Waals surface area contributed by atoms with Gasteiger partial charge in [-0.1, -0.05) is 13.3 Å². The average molecular weight is 284 g/mol. The lowest BCUT2D eigenvalue weighted by molar-refractivity contribution is -0.126. The number of carbonyl (C=O) groups excluding carboxylic acids is 1. The second-order valence-corrected chi connectivity index (χ2v) is 6.32. The van der Waals surface area contributed by atoms with E-state index >= 15 is 0 Å². The number of rotatable bonds is 7. The molecule has 2 rings (SSSR count). The van der Waals surface area contributed by atoms with Crippen LogP contribution in [-0.2, 0) is 14.3 Å². The quantitative estimate of drug-likeness (QED) is 0.754. The molecule has 0 aromatic heterocycles. The standard InChI is InChI=1S/C15H28N2O3/c1-13(10-17-6-8-20-9-7-17)14(18)16-11-15(12-19-2)4-3-5-15/h13H,3-12H2,1-2H3,(H,16,18). The molecular formula is C15H28N2O3. The molecule has 0 aromatic carbocycles. The number of carbonyl (C=O) groups is 1. The fourth-order valence-corrected chi connectivity index (χ4v) is 3.06. The Labute approximate surface area is 122 Å². The molecule has 1 saturated carbocycles. The molecule has 1 aliphatic heterocycles. The number of amides is 1. The van der Waals surface area contributed by atoms with E-state index in [0.717, 1.165) is 46.0 Å². The summed E-state index contributed by atoms with van der Waals surface area (Å²) in [5.74, 6) is 0.201. The van der Waals surface area contributed by atoms with Crippen molar-refractivity contribution in [3.8, 4) is 0 Å². The van der Waals surface area contributed by atoms with E-state index < -0.39 is 0 Å². The van der Waals surface area contributed by atoms with Gasteiger partial charge in [0.2, 0.25) is 5.91 Å². The molecule has 5 heteroatoms. The largest absolute Gasteiger partial charge is 0.384 e. The third kappa shape index (κ3) is 4.17. The fraction of sp³-hybridized carbons (Fsp3) is 0.933. The predicted molar refractivity (Wildman–Crippen MR) is 77.6 cm³/mol. The zero-order chi connectivity index (χ0) is 14.4. The molecule has 1 unspecified atom stereocenters. The SMILES string of the molecule is COCC1(CNC(=O)C(C)CN2CCOCC2)CCC1. The smallest absolute Gasteiger partial charge is 0.224 e. The van der Waals surface area contributed by atoms with Crippen LogP contribution in [0.3, 0.4) is 0 Å². The van der Waals surface area contributed by atoms with Gasteiger partial charge in [0.25, 0.3) is 0 Å². The van der Waals surface area contributed by atoms with Crippen LogP contribution in [0.2, 0.25) is 0 Å². The number of nitrogens with zero attached hydrogens (tertiary/aromatic N) is 1. The first-order valence-electron chi connectivity index (χ1n) is 7.72. The summed E-state index contributed by atoms with van der Waals surface area (Å²) in [6.07, 6.45) is 3.58. The van der Waals surface area contributed by atoms with Gasteiger partial charge in [0, 0.05) is 44.6 Å². The highest BCUT2D eigenvalue weighted by atomic mass is 16.5. The van der Waals surface area contributed by atoms with Crippen LogP contribution >= 0.6 is 0 Å². The van der Waals surface area contributed by atoms with Crippen molar-refractivity contribution in [1.29, 1.82) is 0 Å². The maximum absolute atomic E-state index is 12.2. The Morgan fingerprint density at radius 2 is 2.10 bits per heavy atom. The highest BCUT2D eigenvalue weighted by Gasteiger charge is 2.37. The second kappa shape index (κ2) is 7.38. The minimum Gasteiger partial charge on any atom is -0.384 e. The Hall–Kier alpha value is -0.650. The first-order chi connectivity index (χ1) is 9.65. The van der Waals surface area contributed by atoms with E-state index in [4.69, 9.17) is 9.47 Å². The summed E-state index contributed by atoms with van der Waals surface area (Å²) in [4.78, 5) is 14.5. The highest BCUT2D eigenvalue weighted by molar-refractivity contribution is 5.78. The number of hydrogen-bond donors (Lipinski definition) is 1. The van der Waals surface area contributed by atoms with Gasteiger partial charge in [0.15, 0.2) is 0 Å².